The fourth-order valence-electron chi connectivity index (χ4n) is 1.33. The molecule has 0 bridgehead atoms. The molecule has 0 aliphatic carbocycles. The molecule has 1 aromatic carbocycles. The van der Waals surface area contributed by atoms with Gasteiger partial charge in [0.15, 0.2) is 0 Å². The highest BCUT2D eigenvalue weighted by molar-refractivity contribution is 6.31. The molecule has 0 aromatic heterocycles. The van der Waals surface area contributed by atoms with Gasteiger partial charge in [0.2, 0.25) is 0 Å². The topological polar surface area (TPSA) is 55.4 Å². The first kappa shape index (κ1) is 13.5. The molecule has 4 nitrogen and oxygen atoms in total. The van der Waals surface area contributed by atoms with Crippen LogP contribution in [-0.4, -0.2) is 25.5 Å². The average Bonchev–Trinajstić information content (AvgIpc) is 2.32. The highest BCUT2D eigenvalue weighted by atomic mass is 35.5. The summed E-state index contributed by atoms with van der Waals surface area (Å²) in [4.78, 5) is 22.6. The highest BCUT2D eigenvalue weighted by Crippen LogP contribution is 2.18. The van der Waals surface area contributed by atoms with Gasteiger partial charge in [0.05, 0.1) is 13.5 Å². The Hall–Kier alpha value is -1.55. The Balaban J connectivity index is 2.59. The smallest absolute Gasteiger partial charge is 0.307 e. The molecule has 0 heterocycles. The second-order valence-corrected chi connectivity index (χ2v) is 3.90. The number of benzene rings is 1. The van der Waals surface area contributed by atoms with E-state index in [1.165, 1.54) is 7.11 Å². The van der Waals surface area contributed by atoms with E-state index in [4.69, 9.17) is 11.6 Å². The summed E-state index contributed by atoms with van der Waals surface area (Å²) in [7, 11) is 1.31. The molecule has 5 heteroatoms. The lowest BCUT2D eigenvalue weighted by molar-refractivity contribution is -0.140. The van der Waals surface area contributed by atoms with Gasteiger partial charge < -0.3 is 10.1 Å². The molecule has 0 saturated heterocycles. The number of nitrogens with one attached hydrogen (secondary N) is 1. The molecule has 0 aliphatic heterocycles. The van der Waals surface area contributed by atoms with Crippen molar-refractivity contribution in [2.45, 2.75) is 13.3 Å². The van der Waals surface area contributed by atoms with E-state index in [1.807, 2.05) is 0 Å². The number of halogens is 1. The van der Waals surface area contributed by atoms with E-state index in [0.29, 0.717) is 10.6 Å². The van der Waals surface area contributed by atoms with Crippen LogP contribution in [0, 0.1) is 6.92 Å². The number of ether oxygens (including phenoxy) is 1. The molecule has 0 unspecified atom stereocenters. The Kier molecular flexibility index (Phi) is 4.97. The number of methoxy groups -OCH3 is 1. The lowest BCUT2D eigenvalue weighted by Crippen LogP contribution is -2.27. The van der Waals surface area contributed by atoms with E-state index in [9.17, 15) is 9.59 Å². The van der Waals surface area contributed by atoms with Crippen LogP contribution in [0.3, 0.4) is 0 Å². The third-order valence-electron chi connectivity index (χ3n) is 2.35. The molecule has 1 N–H and O–H groups in total. The summed E-state index contributed by atoms with van der Waals surface area (Å²) in [6, 6.07) is 5.13. The van der Waals surface area contributed by atoms with Crippen molar-refractivity contribution in [2.75, 3.05) is 13.7 Å². The second-order valence-electron chi connectivity index (χ2n) is 3.49. The SMILES string of the molecule is COC(=O)CCNC(=O)c1cccc(Cl)c1C. The van der Waals surface area contributed by atoms with Crippen LogP contribution in [0.2, 0.25) is 5.02 Å². The van der Waals surface area contributed by atoms with Crippen LogP contribution in [0.4, 0.5) is 0 Å². The Morgan fingerprint density at radius 3 is 2.76 bits per heavy atom. The van der Waals surface area contributed by atoms with E-state index in [-0.39, 0.29) is 24.8 Å². The van der Waals surface area contributed by atoms with E-state index >= 15 is 0 Å². The summed E-state index contributed by atoms with van der Waals surface area (Å²) in [6.07, 6.45) is 0.155. The lowest BCUT2D eigenvalue weighted by atomic mass is 10.1. The van der Waals surface area contributed by atoms with Gasteiger partial charge >= 0.3 is 5.97 Å². The third kappa shape index (κ3) is 3.75. The van der Waals surface area contributed by atoms with Crippen molar-refractivity contribution in [3.05, 3.63) is 34.3 Å². The number of hydrogen-bond donors (Lipinski definition) is 1. The third-order valence-corrected chi connectivity index (χ3v) is 2.76. The van der Waals surface area contributed by atoms with Gasteiger partial charge in [0, 0.05) is 17.1 Å². The van der Waals surface area contributed by atoms with Crippen LogP contribution < -0.4 is 5.32 Å². The summed E-state index contributed by atoms with van der Waals surface area (Å²) in [5.74, 6) is -0.595. The summed E-state index contributed by atoms with van der Waals surface area (Å²) in [6.45, 7) is 2.02. The summed E-state index contributed by atoms with van der Waals surface area (Å²) in [5, 5.41) is 3.18. The summed E-state index contributed by atoms with van der Waals surface area (Å²) >= 11 is 5.91. The lowest BCUT2D eigenvalue weighted by Gasteiger charge is -2.08. The van der Waals surface area contributed by atoms with E-state index in [2.05, 4.69) is 10.1 Å². The van der Waals surface area contributed by atoms with Crippen LogP contribution in [0.25, 0.3) is 0 Å². The normalized spacial score (nSPS) is 9.82. The fourth-order valence-corrected chi connectivity index (χ4v) is 1.50. The van der Waals surface area contributed by atoms with Crippen LogP contribution in [0.1, 0.15) is 22.3 Å². The maximum absolute atomic E-state index is 11.8. The van der Waals surface area contributed by atoms with Gasteiger partial charge in [-0.1, -0.05) is 17.7 Å². The van der Waals surface area contributed by atoms with Gasteiger partial charge in [-0.25, -0.2) is 0 Å². The van der Waals surface area contributed by atoms with Crippen LogP contribution in [-0.2, 0) is 9.53 Å². The number of esters is 1. The molecule has 0 aliphatic rings. The Labute approximate surface area is 105 Å². The van der Waals surface area contributed by atoms with Crippen LogP contribution >= 0.6 is 11.6 Å². The molecule has 1 aromatic rings. The van der Waals surface area contributed by atoms with Gasteiger partial charge in [0.25, 0.3) is 5.91 Å². The van der Waals surface area contributed by atoms with Gasteiger partial charge in [0.1, 0.15) is 0 Å². The van der Waals surface area contributed by atoms with Crippen molar-refractivity contribution in [3.63, 3.8) is 0 Å². The van der Waals surface area contributed by atoms with Crippen molar-refractivity contribution in [2.24, 2.45) is 0 Å². The van der Waals surface area contributed by atoms with Gasteiger partial charge in [-0.15, -0.1) is 0 Å². The zero-order valence-corrected chi connectivity index (χ0v) is 10.5. The Morgan fingerprint density at radius 1 is 1.41 bits per heavy atom. The molecule has 0 spiro atoms. The Bertz CT molecular complexity index is 432. The first-order chi connectivity index (χ1) is 8.06. The van der Waals surface area contributed by atoms with Gasteiger partial charge in [-0.05, 0) is 24.6 Å². The maximum Gasteiger partial charge on any atom is 0.307 e. The molecule has 1 rings (SSSR count). The van der Waals surface area contributed by atoms with Gasteiger partial charge in [-0.3, -0.25) is 9.59 Å². The second kappa shape index (κ2) is 6.25. The molecular weight excluding hydrogens is 242 g/mol. The minimum Gasteiger partial charge on any atom is -0.469 e. The number of hydrogen-bond acceptors (Lipinski definition) is 3. The summed E-state index contributed by atoms with van der Waals surface area (Å²) in [5.41, 5.74) is 1.24. The average molecular weight is 256 g/mol. The van der Waals surface area contributed by atoms with Crippen molar-refractivity contribution < 1.29 is 14.3 Å². The number of amides is 1. The number of rotatable bonds is 4. The minimum absolute atomic E-state index is 0.155. The predicted molar refractivity (Wildman–Crippen MR) is 65.2 cm³/mol. The molecule has 0 saturated carbocycles. The zero-order valence-electron chi connectivity index (χ0n) is 9.75. The van der Waals surface area contributed by atoms with E-state index in [0.717, 1.165) is 5.56 Å². The molecule has 92 valence electrons. The summed E-state index contributed by atoms with van der Waals surface area (Å²) < 4.78 is 4.47. The predicted octanol–water partition coefficient (Wildman–Crippen LogP) is 1.94. The fraction of sp³-hybridized carbons (Fsp3) is 0.333. The molecule has 0 radical (unpaired) electrons. The highest BCUT2D eigenvalue weighted by Gasteiger charge is 2.10. The van der Waals surface area contributed by atoms with E-state index < -0.39 is 0 Å². The van der Waals surface area contributed by atoms with Crippen LogP contribution in [0.15, 0.2) is 18.2 Å². The van der Waals surface area contributed by atoms with Gasteiger partial charge in [-0.2, -0.15) is 0 Å². The van der Waals surface area contributed by atoms with Crippen molar-refractivity contribution in [1.82, 2.24) is 5.32 Å². The monoisotopic (exact) mass is 255 g/mol. The Morgan fingerprint density at radius 2 is 2.12 bits per heavy atom. The number of carbonyl (C=O) groups is 2. The van der Waals surface area contributed by atoms with E-state index in [1.54, 1.807) is 25.1 Å². The standard InChI is InChI=1S/C12H14ClNO3/c1-8-9(4-3-5-10(8)13)12(16)14-7-6-11(15)17-2/h3-5H,6-7H2,1-2H3,(H,14,16). The molecular formula is C12H14ClNO3. The number of carbonyl (C=O) groups excluding carboxylic acids is 2. The maximum atomic E-state index is 11.8. The molecule has 1 amide bonds. The largest absolute Gasteiger partial charge is 0.469 e. The van der Waals surface area contributed by atoms with Crippen molar-refractivity contribution in [1.29, 1.82) is 0 Å². The zero-order chi connectivity index (χ0) is 12.8. The minimum atomic E-state index is -0.354. The molecule has 0 fully saturated rings. The van der Waals surface area contributed by atoms with Crippen LogP contribution in [0.5, 0.6) is 0 Å². The molecule has 0 atom stereocenters. The first-order valence-electron chi connectivity index (χ1n) is 5.16. The quantitative estimate of drug-likeness (QED) is 0.837. The van der Waals surface area contributed by atoms with Crippen molar-refractivity contribution >= 4 is 23.5 Å². The first-order valence-corrected chi connectivity index (χ1v) is 5.54. The molecule has 17 heavy (non-hydrogen) atoms. The van der Waals surface area contributed by atoms with Crippen molar-refractivity contribution in [3.8, 4) is 0 Å².